The molecule has 0 aliphatic carbocycles. The number of benzene rings is 5. The largest absolute Gasteiger partial charge is 0.506 e. The first-order valence-corrected chi connectivity index (χ1v) is 14.2. The molecule has 0 saturated carbocycles. The molecule has 3 aromatic heterocycles. The number of hydrogen-bond acceptors (Lipinski definition) is 4. The molecule has 0 fully saturated rings. The number of phenols is 1. The van der Waals surface area contributed by atoms with Gasteiger partial charge in [-0.05, 0) is 52.5 Å². The van der Waals surface area contributed by atoms with E-state index in [0.29, 0.717) is 5.69 Å². The average Bonchev–Trinajstić information content (AvgIpc) is 3.64. The fraction of sp³-hybridized carbons (Fsp3) is 0. The molecule has 0 bridgehead atoms. The second-order valence-corrected chi connectivity index (χ2v) is 9.77. The van der Waals surface area contributed by atoms with Crippen LogP contribution in [0.5, 0.6) is 5.75 Å². The SMILES string of the molecule is Oc1ccccc1-n1cccn1.[CH3+].[CH3+].[Ir].[c-]1ccccc1-c1ccc2ccccc2n1.[c-]1ccccc1-c1ccc2ccccc2n1. The maximum Gasteiger partial charge on any atom is 0.141 e. The number of pyridine rings is 2. The summed E-state index contributed by atoms with van der Waals surface area (Å²) in [5.41, 5.74) is 6.76. The van der Waals surface area contributed by atoms with E-state index in [4.69, 9.17) is 0 Å². The predicted molar refractivity (Wildman–Crippen MR) is 190 cm³/mol. The van der Waals surface area contributed by atoms with Gasteiger partial charge in [0.05, 0.1) is 11.0 Å². The normalized spacial score (nSPS) is 9.70. The smallest absolute Gasteiger partial charge is 0.141 e. The Balaban J connectivity index is 0.000000188. The van der Waals surface area contributed by atoms with Crippen LogP contribution in [0.25, 0.3) is 50.0 Å². The molecule has 233 valence electrons. The molecule has 0 amide bonds. The molecule has 5 aromatic carbocycles. The van der Waals surface area contributed by atoms with Crippen LogP contribution in [0.2, 0.25) is 0 Å². The summed E-state index contributed by atoms with van der Waals surface area (Å²) in [6, 6.07) is 55.6. The number of fused-ring (bicyclic) bond motifs is 2. The molecule has 1 N–H and O–H groups in total. The molecule has 0 atom stereocenters. The van der Waals surface area contributed by atoms with Crippen molar-refractivity contribution in [3.05, 3.63) is 191 Å². The van der Waals surface area contributed by atoms with E-state index in [0.717, 1.165) is 33.5 Å². The zero-order chi connectivity index (χ0) is 30.0. The van der Waals surface area contributed by atoms with Gasteiger partial charge in [0.15, 0.2) is 0 Å². The van der Waals surface area contributed by atoms with Crippen LogP contribution in [0, 0.1) is 27.0 Å². The summed E-state index contributed by atoms with van der Waals surface area (Å²) in [5, 5.41) is 15.8. The topological polar surface area (TPSA) is 63.8 Å². The van der Waals surface area contributed by atoms with E-state index in [-0.39, 0.29) is 40.7 Å². The first-order valence-electron chi connectivity index (χ1n) is 14.2. The van der Waals surface area contributed by atoms with Gasteiger partial charge in [-0.2, -0.15) is 5.10 Å². The Morgan fingerprint density at radius 2 is 1.00 bits per heavy atom. The molecule has 47 heavy (non-hydrogen) atoms. The van der Waals surface area contributed by atoms with Crippen LogP contribution in [-0.2, 0) is 20.1 Å². The van der Waals surface area contributed by atoms with Crippen molar-refractivity contribution in [3.63, 3.8) is 0 Å². The minimum atomic E-state index is 0. The van der Waals surface area contributed by atoms with Crippen LogP contribution in [0.1, 0.15) is 0 Å². The van der Waals surface area contributed by atoms with Crippen molar-refractivity contribution in [1.29, 1.82) is 0 Å². The molecule has 0 unspecified atom stereocenters. The standard InChI is InChI=1S/2C15H10N.C9H8N2O.2CH3.Ir/c2*1-2-6-12(7-3-1)15-11-10-13-8-4-5-9-14(13)16-15;12-9-5-2-1-4-8(9)11-7-3-6-10-11;;;/h2*1-6,8-11H;1-7,12H;2*1H3;/q2*-1;;2*+1;. The minimum Gasteiger partial charge on any atom is -0.506 e. The second-order valence-electron chi connectivity index (χ2n) is 9.77. The van der Waals surface area contributed by atoms with Crippen LogP contribution >= 0.6 is 0 Å². The van der Waals surface area contributed by atoms with Gasteiger partial charge in [-0.25, -0.2) is 4.68 Å². The number of phenolic OH excluding ortho intramolecular Hbond substituents is 1. The Bertz CT molecular complexity index is 1970. The predicted octanol–water partition coefficient (Wildman–Crippen LogP) is 9.88. The van der Waals surface area contributed by atoms with Crippen LogP contribution in [0.4, 0.5) is 0 Å². The van der Waals surface area contributed by atoms with Gasteiger partial charge in [-0.3, -0.25) is 9.97 Å². The maximum absolute atomic E-state index is 9.42. The van der Waals surface area contributed by atoms with E-state index in [1.807, 2.05) is 115 Å². The molecule has 0 aliphatic heterocycles. The maximum atomic E-state index is 9.42. The van der Waals surface area contributed by atoms with Gasteiger partial charge in [0.1, 0.15) is 11.4 Å². The number of rotatable bonds is 3. The van der Waals surface area contributed by atoms with Crippen LogP contribution in [0.3, 0.4) is 0 Å². The third-order valence-electron chi connectivity index (χ3n) is 6.80. The number of para-hydroxylation sites is 4. The van der Waals surface area contributed by atoms with Gasteiger partial charge in [-0.1, -0.05) is 72.8 Å². The van der Waals surface area contributed by atoms with E-state index in [2.05, 4.69) is 51.5 Å². The summed E-state index contributed by atoms with van der Waals surface area (Å²) in [6.07, 6.45) is 3.46. The molecule has 1 radical (unpaired) electrons. The zero-order valence-corrected chi connectivity index (χ0v) is 28.6. The van der Waals surface area contributed by atoms with E-state index in [9.17, 15) is 5.11 Å². The summed E-state index contributed by atoms with van der Waals surface area (Å²) in [4.78, 5) is 9.23. The molecule has 3 heterocycles. The van der Waals surface area contributed by atoms with Gasteiger partial charge in [0.25, 0.3) is 0 Å². The average molecular weight is 791 g/mol. The minimum absolute atomic E-state index is 0. The summed E-state index contributed by atoms with van der Waals surface area (Å²) in [7, 11) is 0. The van der Waals surface area contributed by atoms with Gasteiger partial charge in [0.2, 0.25) is 0 Å². The van der Waals surface area contributed by atoms with Gasteiger partial charge in [0, 0.05) is 47.4 Å². The molecule has 8 aromatic rings. The second kappa shape index (κ2) is 17.7. The number of nitrogens with zero attached hydrogens (tertiary/aromatic N) is 4. The quantitative estimate of drug-likeness (QED) is 0.181. The van der Waals surface area contributed by atoms with Crippen molar-refractivity contribution in [1.82, 2.24) is 19.7 Å². The first-order chi connectivity index (χ1) is 21.7. The summed E-state index contributed by atoms with van der Waals surface area (Å²) < 4.78 is 1.62. The molecule has 0 aliphatic rings. The van der Waals surface area contributed by atoms with Crippen LogP contribution < -0.4 is 0 Å². The molecule has 5 nitrogen and oxygen atoms in total. The van der Waals surface area contributed by atoms with Crippen LogP contribution in [0.15, 0.2) is 164 Å². The van der Waals surface area contributed by atoms with Gasteiger partial charge >= 0.3 is 0 Å². The van der Waals surface area contributed by atoms with Crippen molar-refractivity contribution in [2.75, 3.05) is 0 Å². The Labute approximate surface area is 290 Å². The molecule has 6 heteroatoms. The van der Waals surface area contributed by atoms with E-state index in [1.54, 1.807) is 29.2 Å². The van der Waals surface area contributed by atoms with Crippen molar-refractivity contribution in [2.45, 2.75) is 0 Å². The molecule has 8 rings (SSSR count). The van der Waals surface area contributed by atoms with Crippen molar-refractivity contribution in [3.8, 4) is 34.0 Å². The number of aromatic nitrogens is 4. The van der Waals surface area contributed by atoms with E-state index < -0.39 is 0 Å². The zero-order valence-electron chi connectivity index (χ0n) is 26.2. The number of hydrogen-bond donors (Lipinski definition) is 1. The Morgan fingerprint density at radius 1 is 0.511 bits per heavy atom. The molecular formula is C41H34IrN4O. The fourth-order valence-corrected chi connectivity index (χ4v) is 4.61. The number of aromatic hydroxyl groups is 1. The third kappa shape index (κ3) is 9.18. The Morgan fingerprint density at radius 3 is 1.47 bits per heavy atom. The van der Waals surface area contributed by atoms with Crippen molar-refractivity contribution in [2.24, 2.45) is 0 Å². The molecule has 0 saturated heterocycles. The van der Waals surface area contributed by atoms with Crippen LogP contribution in [-0.4, -0.2) is 24.9 Å². The summed E-state index contributed by atoms with van der Waals surface area (Å²) in [6.45, 7) is 0. The monoisotopic (exact) mass is 791 g/mol. The fourth-order valence-electron chi connectivity index (χ4n) is 4.61. The van der Waals surface area contributed by atoms with Crippen molar-refractivity contribution < 1.29 is 25.2 Å². The van der Waals surface area contributed by atoms with E-state index >= 15 is 0 Å². The van der Waals surface area contributed by atoms with Crippen molar-refractivity contribution >= 4 is 21.8 Å². The Kier molecular flexibility index (Phi) is 13.5. The summed E-state index contributed by atoms with van der Waals surface area (Å²) >= 11 is 0. The van der Waals surface area contributed by atoms with Gasteiger partial charge < -0.3 is 5.11 Å². The van der Waals surface area contributed by atoms with Gasteiger partial charge in [-0.15, -0.1) is 71.8 Å². The first kappa shape index (κ1) is 35.8. The summed E-state index contributed by atoms with van der Waals surface area (Å²) in [5.74, 6) is 0.237. The molecule has 0 spiro atoms. The van der Waals surface area contributed by atoms with E-state index in [1.165, 1.54) is 10.8 Å². The third-order valence-corrected chi connectivity index (χ3v) is 6.80. The molecular weight excluding hydrogens is 757 g/mol. The Hall–Kier alpha value is -5.68.